The monoisotopic (exact) mass is 327 g/mol. The van der Waals surface area contributed by atoms with E-state index < -0.39 is 0 Å². The van der Waals surface area contributed by atoms with Gasteiger partial charge in [0, 0.05) is 17.9 Å². The highest BCUT2D eigenvalue weighted by atomic mass is 79.9. The van der Waals surface area contributed by atoms with Gasteiger partial charge in [0.1, 0.15) is 6.10 Å². The first-order valence-corrected chi connectivity index (χ1v) is 7.52. The Labute approximate surface area is 123 Å². The summed E-state index contributed by atoms with van der Waals surface area (Å²) in [6, 6.07) is 6.38. The first-order chi connectivity index (χ1) is 9.06. The molecule has 0 saturated heterocycles. The molecule has 4 heteroatoms. The van der Waals surface area contributed by atoms with Crippen molar-refractivity contribution < 1.29 is 9.47 Å². The average Bonchev–Trinajstić information content (AvgIpc) is 2.42. The second kappa shape index (κ2) is 5.71. The maximum Gasteiger partial charge on any atom is 0.175 e. The summed E-state index contributed by atoms with van der Waals surface area (Å²) < 4.78 is 12.6. The highest BCUT2D eigenvalue weighted by Crippen LogP contribution is 2.48. The minimum Gasteiger partial charge on any atom is -0.493 e. The lowest BCUT2D eigenvalue weighted by molar-refractivity contribution is -0.0689. The van der Waals surface area contributed by atoms with E-state index in [0.29, 0.717) is 6.04 Å². The zero-order valence-electron chi connectivity index (χ0n) is 12.0. The molecule has 0 amide bonds. The van der Waals surface area contributed by atoms with Crippen molar-refractivity contribution in [3.63, 3.8) is 0 Å². The van der Waals surface area contributed by atoms with Crippen LogP contribution in [0.15, 0.2) is 22.7 Å². The van der Waals surface area contributed by atoms with E-state index >= 15 is 0 Å². The predicted octanol–water partition coefficient (Wildman–Crippen LogP) is 3.61. The lowest BCUT2D eigenvalue weighted by Gasteiger charge is -2.53. The Balaban J connectivity index is 2.19. The zero-order chi connectivity index (χ0) is 14.0. The van der Waals surface area contributed by atoms with Gasteiger partial charge in [-0.1, -0.05) is 19.9 Å². The van der Waals surface area contributed by atoms with Crippen LogP contribution < -0.4 is 14.8 Å². The van der Waals surface area contributed by atoms with Gasteiger partial charge in [-0.05, 0) is 41.5 Å². The van der Waals surface area contributed by atoms with Crippen LogP contribution in [0.25, 0.3) is 0 Å². The van der Waals surface area contributed by atoms with Crippen LogP contribution in [0.5, 0.6) is 11.5 Å². The van der Waals surface area contributed by atoms with Crippen LogP contribution in [0.3, 0.4) is 0 Å². The molecule has 3 nitrogen and oxygen atoms in total. The summed E-state index contributed by atoms with van der Waals surface area (Å²) in [5, 5.41) is 3.38. The van der Waals surface area contributed by atoms with Gasteiger partial charge in [0.05, 0.1) is 11.6 Å². The molecule has 1 aliphatic rings. The van der Waals surface area contributed by atoms with Crippen molar-refractivity contribution in [3.05, 3.63) is 22.7 Å². The SMILES string of the molecule is CCC1(C)C(NC)CC1Oc1c(Br)cccc1OC. The molecule has 1 aromatic carbocycles. The number of rotatable bonds is 5. The quantitative estimate of drug-likeness (QED) is 0.896. The molecular formula is C15H22BrNO2. The van der Waals surface area contributed by atoms with Gasteiger partial charge < -0.3 is 14.8 Å². The zero-order valence-corrected chi connectivity index (χ0v) is 13.6. The summed E-state index contributed by atoms with van der Waals surface area (Å²) in [5.74, 6) is 1.59. The summed E-state index contributed by atoms with van der Waals surface area (Å²) in [7, 11) is 3.69. The largest absolute Gasteiger partial charge is 0.493 e. The molecule has 0 aromatic heterocycles. The number of benzene rings is 1. The molecule has 3 unspecified atom stereocenters. The first kappa shape index (κ1) is 14.7. The Morgan fingerprint density at radius 3 is 2.79 bits per heavy atom. The lowest BCUT2D eigenvalue weighted by atomic mass is 9.61. The second-order valence-corrected chi connectivity index (χ2v) is 6.17. The minimum absolute atomic E-state index is 0.176. The third-order valence-electron chi connectivity index (χ3n) is 4.50. The third-order valence-corrected chi connectivity index (χ3v) is 5.13. The molecule has 3 atom stereocenters. The van der Waals surface area contributed by atoms with E-state index in [0.717, 1.165) is 28.8 Å². The topological polar surface area (TPSA) is 30.5 Å². The number of hydrogen-bond donors (Lipinski definition) is 1. The van der Waals surface area contributed by atoms with E-state index in [4.69, 9.17) is 9.47 Å². The summed E-state index contributed by atoms with van der Waals surface area (Å²) in [6.07, 6.45) is 2.35. The Morgan fingerprint density at radius 1 is 1.47 bits per heavy atom. The number of nitrogens with one attached hydrogen (secondary N) is 1. The second-order valence-electron chi connectivity index (χ2n) is 5.31. The number of methoxy groups -OCH3 is 1. The van der Waals surface area contributed by atoms with Gasteiger partial charge >= 0.3 is 0 Å². The number of para-hydroxylation sites is 1. The Hall–Kier alpha value is -0.740. The van der Waals surface area contributed by atoms with Crippen molar-refractivity contribution in [1.29, 1.82) is 0 Å². The fourth-order valence-electron chi connectivity index (χ4n) is 2.83. The molecule has 0 radical (unpaired) electrons. The Morgan fingerprint density at radius 2 is 2.21 bits per heavy atom. The summed E-state index contributed by atoms with van der Waals surface area (Å²) in [4.78, 5) is 0. The van der Waals surface area contributed by atoms with Gasteiger partial charge in [-0.25, -0.2) is 0 Å². The van der Waals surface area contributed by atoms with E-state index in [1.54, 1.807) is 7.11 Å². The van der Waals surface area contributed by atoms with E-state index in [1.807, 2.05) is 25.2 Å². The van der Waals surface area contributed by atoms with E-state index in [9.17, 15) is 0 Å². The molecule has 0 bridgehead atoms. The summed E-state index contributed by atoms with van der Waals surface area (Å²) in [5.41, 5.74) is 0.176. The standard InChI is InChI=1S/C15H22BrNO2/c1-5-15(2)12(17-3)9-13(15)19-14-10(16)7-6-8-11(14)18-4/h6-8,12-13,17H,5,9H2,1-4H3. The van der Waals surface area contributed by atoms with E-state index in [-0.39, 0.29) is 11.5 Å². The molecule has 1 fully saturated rings. The number of ether oxygens (including phenoxy) is 2. The maximum atomic E-state index is 6.23. The van der Waals surface area contributed by atoms with Crippen molar-refractivity contribution in [3.8, 4) is 11.5 Å². The Kier molecular flexibility index (Phi) is 4.41. The molecule has 19 heavy (non-hydrogen) atoms. The van der Waals surface area contributed by atoms with Crippen molar-refractivity contribution >= 4 is 15.9 Å². The fraction of sp³-hybridized carbons (Fsp3) is 0.600. The average molecular weight is 328 g/mol. The van der Waals surface area contributed by atoms with Crippen LogP contribution >= 0.6 is 15.9 Å². The van der Waals surface area contributed by atoms with Crippen molar-refractivity contribution in [2.24, 2.45) is 5.41 Å². The van der Waals surface area contributed by atoms with Crippen LogP contribution in [-0.2, 0) is 0 Å². The van der Waals surface area contributed by atoms with Crippen molar-refractivity contribution in [1.82, 2.24) is 5.32 Å². The van der Waals surface area contributed by atoms with Gasteiger partial charge in [-0.3, -0.25) is 0 Å². The lowest BCUT2D eigenvalue weighted by Crippen LogP contribution is -2.62. The van der Waals surface area contributed by atoms with Crippen molar-refractivity contribution in [2.75, 3.05) is 14.2 Å². The molecule has 0 spiro atoms. The fourth-order valence-corrected chi connectivity index (χ4v) is 3.27. The van der Waals surface area contributed by atoms with Gasteiger partial charge in [0.15, 0.2) is 11.5 Å². The van der Waals surface area contributed by atoms with Gasteiger partial charge in [0.2, 0.25) is 0 Å². The van der Waals surface area contributed by atoms with Crippen LogP contribution in [0.4, 0.5) is 0 Å². The molecule has 1 N–H and O–H groups in total. The van der Waals surface area contributed by atoms with Crippen LogP contribution in [0, 0.1) is 5.41 Å². The van der Waals surface area contributed by atoms with Gasteiger partial charge in [-0.2, -0.15) is 0 Å². The minimum atomic E-state index is 0.176. The maximum absolute atomic E-state index is 6.23. The predicted molar refractivity (Wildman–Crippen MR) is 81.0 cm³/mol. The van der Waals surface area contributed by atoms with Crippen LogP contribution in [0.1, 0.15) is 26.7 Å². The first-order valence-electron chi connectivity index (χ1n) is 6.73. The number of hydrogen-bond acceptors (Lipinski definition) is 3. The number of halogens is 1. The summed E-state index contributed by atoms with van der Waals surface area (Å²) >= 11 is 3.54. The molecule has 106 valence electrons. The van der Waals surface area contributed by atoms with Gasteiger partial charge in [0.25, 0.3) is 0 Å². The molecule has 1 saturated carbocycles. The van der Waals surface area contributed by atoms with Crippen LogP contribution in [-0.4, -0.2) is 26.3 Å². The van der Waals surface area contributed by atoms with Crippen molar-refractivity contribution in [2.45, 2.75) is 38.8 Å². The highest BCUT2D eigenvalue weighted by Gasteiger charge is 2.51. The highest BCUT2D eigenvalue weighted by molar-refractivity contribution is 9.10. The molecular weight excluding hydrogens is 306 g/mol. The Bertz CT molecular complexity index is 452. The van der Waals surface area contributed by atoms with Gasteiger partial charge in [-0.15, -0.1) is 0 Å². The molecule has 1 aliphatic carbocycles. The molecule has 2 rings (SSSR count). The normalized spacial score (nSPS) is 29.7. The van der Waals surface area contributed by atoms with Crippen LogP contribution in [0.2, 0.25) is 0 Å². The smallest absolute Gasteiger partial charge is 0.175 e. The third kappa shape index (κ3) is 2.48. The van der Waals surface area contributed by atoms with E-state index in [1.165, 1.54) is 0 Å². The molecule has 0 heterocycles. The van der Waals surface area contributed by atoms with E-state index in [2.05, 4.69) is 35.1 Å². The molecule has 0 aliphatic heterocycles. The molecule has 1 aromatic rings. The summed E-state index contributed by atoms with van der Waals surface area (Å²) in [6.45, 7) is 4.50.